The van der Waals surface area contributed by atoms with Crippen LogP contribution in [0.25, 0.3) is 75.5 Å². The number of nitrogens with zero attached hydrogens (tertiary/aromatic N) is 1. The Morgan fingerprint density at radius 1 is 0.355 bits per heavy atom. The predicted molar refractivity (Wildman–Crippen MR) is 265 cm³/mol. The van der Waals surface area contributed by atoms with Crippen LogP contribution in [-0.2, 0) is 5.41 Å². The Bertz CT molecular complexity index is 3470. The van der Waals surface area contributed by atoms with Crippen molar-refractivity contribution >= 4 is 59.3 Å². The third-order valence-electron chi connectivity index (χ3n) is 13.2. The van der Waals surface area contributed by atoms with Gasteiger partial charge in [0.15, 0.2) is 0 Å². The van der Waals surface area contributed by atoms with E-state index in [1.807, 2.05) is 11.3 Å². The maximum absolute atomic E-state index is 2.43. The topological polar surface area (TPSA) is 3.24 Å². The van der Waals surface area contributed by atoms with Gasteiger partial charge in [-0.2, -0.15) is 0 Å². The van der Waals surface area contributed by atoms with Crippen LogP contribution >= 0.6 is 11.3 Å². The largest absolute Gasteiger partial charge is 0.310 e. The quantitative estimate of drug-likeness (QED) is 0.155. The minimum absolute atomic E-state index is 0.245. The molecule has 0 saturated heterocycles. The molecular weight excluding hydrogens is 767 g/mol. The maximum atomic E-state index is 2.43. The van der Waals surface area contributed by atoms with Gasteiger partial charge < -0.3 is 4.90 Å². The third kappa shape index (κ3) is 5.90. The minimum atomic E-state index is -0.245. The highest BCUT2D eigenvalue weighted by Gasteiger charge is 2.40. The van der Waals surface area contributed by atoms with Crippen molar-refractivity contribution in [2.45, 2.75) is 12.3 Å². The Kier molecular flexibility index (Phi) is 8.55. The van der Waals surface area contributed by atoms with Crippen molar-refractivity contribution in [3.05, 3.63) is 247 Å². The molecule has 0 fully saturated rings. The highest BCUT2D eigenvalue weighted by Crippen LogP contribution is 2.53. The lowest BCUT2D eigenvalue weighted by Crippen LogP contribution is -2.22. The Hall–Kier alpha value is -7.52. The van der Waals surface area contributed by atoms with Gasteiger partial charge in [-0.15, -0.1) is 11.3 Å². The summed E-state index contributed by atoms with van der Waals surface area (Å²) in [4.78, 5) is 2.39. The van der Waals surface area contributed by atoms with Gasteiger partial charge in [-0.3, -0.25) is 0 Å². The van der Waals surface area contributed by atoms with Gasteiger partial charge in [0.05, 0.1) is 0 Å². The van der Waals surface area contributed by atoms with E-state index in [2.05, 4.69) is 242 Å². The van der Waals surface area contributed by atoms with E-state index < -0.39 is 0 Å². The molecule has 0 amide bonds. The number of anilines is 3. The first-order chi connectivity index (χ1) is 30.6. The van der Waals surface area contributed by atoms with E-state index in [4.69, 9.17) is 0 Å². The van der Waals surface area contributed by atoms with E-state index in [1.165, 1.54) is 92.1 Å². The summed E-state index contributed by atoms with van der Waals surface area (Å²) >= 11 is 1.88. The maximum Gasteiger partial charge on any atom is 0.0467 e. The van der Waals surface area contributed by atoms with Gasteiger partial charge in [0.2, 0.25) is 0 Å². The summed E-state index contributed by atoms with van der Waals surface area (Å²) in [6.45, 7) is 2.39. The number of fused-ring (bicyclic) bond motifs is 7. The van der Waals surface area contributed by atoms with Crippen LogP contribution in [0.5, 0.6) is 0 Å². The highest BCUT2D eigenvalue weighted by molar-refractivity contribution is 7.26. The van der Waals surface area contributed by atoms with Crippen LogP contribution in [0.15, 0.2) is 231 Å². The molecule has 1 aliphatic carbocycles. The van der Waals surface area contributed by atoms with Crippen molar-refractivity contribution in [1.29, 1.82) is 0 Å². The van der Waals surface area contributed by atoms with Gasteiger partial charge in [-0.25, -0.2) is 0 Å². The lowest BCUT2D eigenvalue weighted by molar-refractivity contribution is 0.714. The van der Waals surface area contributed by atoms with Crippen LogP contribution in [0.1, 0.15) is 23.6 Å². The molecule has 0 N–H and O–H groups in total. The van der Waals surface area contributed by atoms with Crippen molar-refractivity contribution in [1.82, 2.24) is 0 Å². The van der Waals surface area contributed by atoms with Gasteiger partial charge in [0, 0.05) is 42.6 Å². The molecule has 10 aromatic carbocycles. The second kappa shape index (κ2) is 14.6. The highest BCUT2D eigenvalue weighted by atomic mass is 32.1. The molecule has 0 bridgehead atoms. The normalized spacial score (nSPS) is 14.3. The molecule has 1 aromatic heterocycles. The Morgan fingerprint density at radius 3 is 1.79 bits per heavy atom. The average molecular weight is 808 g/mol. The van der Waals surface area contributed by atoms with E-state index in [1.54, 1.807) is 0 Å². The number of rotatable bonds is 7. The van der Waals surface area contributed by atoms with Crippen LogP contribution in [0.3, 0.4) is 0 Å². The molecule has 0 saturated carbocycles. The summed E-state index contributed by atoms with van der Waals surface area (Å²) in [5.41, 5.74) is 17.0. The first-order valence-corrected chi connectivity index (χ1v) is 22.2. The molecule has 11 aromatic rings. The van der Waals surface area contributed by atoms with Crippen LogP contribution in [0.4, 0.5) is 17.1 Å². The number of hydrogen-bond donors (Lipinski definition) is 0. The fourth-order valence-electron chi connectivity index (χ4n) is 9.96. The van der Waals surface area contributed by atoms with E-state index in [9.17, 15) is 0 Å². The Balaban J connectivity index is 0.950. The molecule has 62 heavy (non-hydrogen) atoms. The molecule has 0 spiro atoms. The van der Waals surface area contributed by atoms with Gasteiger partial charge in [-0.1, -0.05) is 176 Å². The first kappa shape index (κ1) is 36.3. The fourth-order valence-corrected chi connectivity index (χ4v) is 11.2. The molecule has 12 rings (SSSR count). The average Bonchev–Trinajstić information content (AvgIpc) is 3.85. The summed E-state index contributed by atoms with van der Waals surface area (Å²) in [6, 6.07) is 85.0. The third-order valence-corrected chi connectivity index (χ3v) is 14.4. The van der Waals surface area contributed by atoms with E-state index >= 15 is 0 Å². The van der Waals surface area contributed by atoms with Crippen LogP contribution < -0.4 is 4.90 Å². The van der Waals surface area contributed by atoms with Crippen LogP contribution in [0.2, 0.25) is 0 Å². The Labute approximate surface area is 366 Å². The lowest BCUT2D eigenvalue weighted by atomic mass is 9.74. The van der Waals surface area contributed by atoms with Gasteiger partial charge in [0.1, 0.15) is 0 Å². The van der Waals surface area contributed by atoms with Crippen LogP contribution in [-0.4, -0.2) is 0 Å². The fraction of sp³-hybridized carbons (Fsp3) is 0.0333. The van der Waals surface area contributed by atoms with Gasteiger partial charge in [0.25, 0.3) is 0 Å². The van der Waals surface area contributed by atoms with E-state index in [-0.39, 0.29) is 5.41 Å². The van der Waals surface area contributed by atoms with Crippen LogP contribution in [0, 0.1) is 0 Å². The van der Waals surface area contributed by atoms with Crippen molar-refractivity contribution in [3.8, 4) is 44.5 Å². The van der Waals surface area contributed by atoms with E-state index in [0.717, 1.165) is 17.1 Å². The van der Waals surface area contributed by atoms with Gasteiger partial charge >= 0.3 is 0 Å². The predicted octanol–water partition coefficient (Wildman–Crippen LogP) is 17.0. The summed E-state index contributed by atoms with van der Waals surface area (Å²) in [7, 11) is 0. The molecule has 0 radical (unpaired) electrons. The first-order valence-electron chi connectivity index (χ1n) is 21.4. The second-order valence-electron chi connectivity index (χ2n) is 16.6. The van der Waals surface area contributed by atoms with Crippen molar-refractivity contribution < 1.29 is 0 Å². The number of benzene rings is 10. The molecule has 1 atom stereocenters. The molecule has 1 heterocycles. The van der Waals surface area contributed by atoms with Crippen molar-refractivity contribution in [2.24, 2.45) is 0 Å². The smallest absolute Gasteiger partial charge is 0.0467 e. The number of thiophene rings is 1. The lowest BCUT2D eigenvalue weighted by Gasteiger charge is -2.28. The zero-order valence-electron chi connectivity index (χ0n) is 34.3. The monoisotopic (exact) mass is 807 g/mol. The number of hydrogen-bond acceptors (Lipinski definition) is 2. The molecule has 1 nitrogen and oxygen atoms in total. The zero-order valence-corrected chi connectivity index (χ0v) is 35.1. The molecule has 292 valence electrons. The summed E-state index contributed by atoms with van der Waals surface area (Å²) in [5, 5.41) is 5.13. The SMILES string of the molecule is CC1(c2ccccc2)c2ccccc2-c2ccc(-c3ccc(N(c4ccc(-c5cccc6c5sc5ccccc56)cc4)c4cccc(-c5ccc6ccccc6c5)c4)cc3)cc21. The molecule has 1 aliphatic rings. The van der Waals surface area contributed by atoms with E-state index in [0.29, 0.717) is 0 Å². The molecule has 0 aliphatic heterocycles. The summed E-state index contributed by atoms with van der Waals surface area (Å²) in [5.74, 6) is 0. The summed E-state index contributed by atoms with van der Waals surface area (Å²) < 4.78 is 2.65. The van der Waals surface area contributed by atoms with Gasteiger partial charge in [-0.05, 0) is 133 Å². The summed E-state index contributed by atoms with van der Waals surface area (Å²) in [6.07, 6.45) is 0. The zero-order chi connectivity index (χ0) is 41.2. The molecule has 1 unspecified atom stereocenters. The minimum Gasteiger partial charge on any atom is -0.310 e. The second-order valence-corrected chi connectivity index (χ2v) is 17.7. The van der Waals surface area contributed by atoms with Crippen molar-refractivity contribution in [3.63, 3.8) is 0 Å². The standard InChI is InChI=1S/C60H41NS/c1-60(47-16-3-2-4-17-47)56-23-9-7-19-52(56)53-36-31-46(39-57(53)60)41-27-32-48(33-28-41)61(50-18-11-15-44(38-50)45-26-25-40-13-5-6-14-43(40)37-45)49-34-29-42(30-35-49)51-21-12-22-55-54-20-8-10-24-58(54)62-59(51)55/h2-39H,1H3. The molecular formula is C60H41NS. The Morgan fingerprint density at radius 2 is 0.952 bits per heavy atom. The van der Waals surface area contributed by atoms with Crippen molar-refractivity contribution in [2.75, 3.05) is 4.90 Å². The molecule has 2 heteroatoms.